The summed E-state index contributed by atoms with van der Waals surface area (Å²) in [5.74, 6) is 1.91. The molecule has 3 rings (SSSR count). The van der Waals surface area contributed by atoms with Crippen molar-refractivity contribution in [3.8, 4) is 0 Å². The highest BCUT2D eigenvalue weighted by Gasteiger charge is 2.46. The first-order valence-electron chi connectivity index (χ1n) is 6.93. The summed E-state index contributed by atoms with van der Waals surface area (Å²) < 4.78 is 5.80. The molecular formula is C14H22O2. The van der Waals surface area contributed by atoms with Gasteiger partial charge in [-0.3, -0.25) is 4.79 Å². The second kappa shape index (κ2) is 4.14. The average Bonchev–Trinajstić information content (AvgIpc) is 2.89. The number of ether oxygens (including phenoxy) is 1. The molecule has 16 heavy (non-hydrogen) atoms. The van der Waals surface area contributed by atoms with Crippen molar-refractivity contribution in [1.29, 1.82) is 0 Å². The van der Waals surface area contributed by atoms with E-state index in [1.54, 1.807) is 0 Å². The largest absolute Gasteiger partial charge is 0.374 e. The van der Waals surface area contributed by atoms with Crippen LogP contribution >= 0.6 is 0 Å². The third-order valence-electron chi connectivity index (χ3n) is 4.81. The molecule has 3 aliphatic rings. The summed E-state index contributed by atoms with van der Waals surface area (Å²) in [6, 6.07) is 0. The Morgan fingerprint density at radius 3 is 2.62 bits per heavy atom. The second-order valence-electron chi connectivity index (χ2n) is 6.09. The SMILES string of the molecule is CC1CCCC(C(=O)C2CC3CCC2O3)C1. The van der Waals surface area contributed by atoms with Crippen LogP contribution < -0.4 is 0 Å². The van der Waals surface area contributed by atoms with Crippen LogP contribution in [0.2, 0.25) is 0 Å². The molecule has 0 amide bonds. The number of rotatable bonds is 2. The fourth-order valence-electron chi connectivity index (χ4n) is 3.93. The molecule has 2 bridgehead atoms. The lowest BCUT2D eigenvalue weighted by Gasteiger charge is -2.29. The molecule has 2 nitrogen and oxygen atoms in total. The summed E-state index contributed by atoms with van der Waals surface area (Å²) in [4.78, 5) is 12.5. The second-order valence-corrected chi connectivity index (χ2v) is 6.09. The average molecular weight is 222 g/mol. The molecule has 0 aromatic rings. The fraction of sp³-hybridized carbons (Fsp3) is 0.929. The van der Waals surface area contributed by atoms with Gasteiger partial charge in [-0.15, -0.1) is 0 Å². The Labute approximate surface area is 97.7 Å². The molecule has 1 aliphatic carbocycles. The van der Waals surface area contributed by atoms with E-state index < -0.39 is 0 Å². The number of carbonyl (C=O) groups excluding carboxylic acids is 1. The first kappa shape index (κ1) is 10.8. The molecule has 3 fully saturated rings. The van der Waals surface area contributed by atoms with Gasteiger partial charge in [0, 0.05) is 11.8 Å². The van der Waals surface area contributed by atoms with E-state index in [2.05, 4.69) is 6.92 Å². The fourth-order valence-corrected chi connectivity index (χ4v) is 3.93. The van der Waals surface area contributed by atoms with Gasteiger partial charge in [0.05, 0.1) is 12.2 Å². The normalized spacial score (nSPS) is 47.2. The molecule has 0 N–H and O–H groups in total. The van der Waals surface area contributed by atoms with Gasteiger partial charge in [0.2, 0.25) is 0 Å². The molecule has 2 heteroatoms. The molecule has 0 radical (unpaired) electrons. The van der Waals surface area contributed by atoms with Crippen molar-refractivity contribution >= 4 is 5.78 Å². The van der Waals surface area contributed by atoms with Crippen LogP contribution in [0.1, 0.15) is 51.9 Å². The third kappa shape index (κ3) is 1.81. The van der Waals surface area contributed by atoms with Crippen molar-refractivity contribution < 1.29 is 9.53 Å². The smallest absolute Gasteiger partial charge is 0.141 e. The molecule has 5 atom stereocenters. The number of fused-ring (bicyclic) bond motifs is 2. The molecule has 0 aromatic carbocycles. The summed E-state index contributed by atoms with van der Waals surface area (Å²) >= 11 is 0. The summed E-state index contributed by atoms with van der Waals surface area (Å²) in [5.41, 5.74) is 0. The van der Waals surface area contributed by atoms with Crippen molar-refractivity contribution in [2.75, 3.05) is 0 Å². The number of carbonyl (C=O) groups is 1. The molecular weight excluding hydrogens is 200 g/mol. The summed E-state index contributed by atoms with van der Waals surface area (Å²) in [5, 5.41) is 0. The maximum Gasteiger partial charge on any atom is 0.141 e. The van der Waals surface area contributed by atoms with Crippen LogP contribution in [0.15, 0.2) is 0 Å². The van der Waals surface area contributed by atoms with Gasteiger partial charge in [-0.2, -0.15) is 0 Å². The molecule has 0 spiro atoms. The summed E-state index contributed by atoms with van der Waals surface area (Å²) in [6.07, 6.45) is 8.88. The van der Waals surface area contributed by atoms with Crippen LogP contribution in [0.25, 0.3) is 0 Å². The van der Waals surface area contributed by atoms with Crippen LogP contribution in [0, 0.1) is 17.8 Å². The monoisotopic (exact) mass is 222 g/mol. The lowest BCUT2D eigenvalue weighted by atomic mass is 9.74. The van der Waals surface area contributed by atoms with Gasteiger partial charge in [-0.05, 0) is 38.0 Å². The van der Waals surface area contributed by atoms with Gasteiger partial charge >= 0.3 is 0 Å². The van der Waals surface area contributed by atoms with Gasteiger partial charge in [-0.1, -0.05) is 19.8 Å². The lowest BCUT2D eigenvalue weighted by molar-refractivity contribution is -0.129. The Balaban J connectivity index is 1.64. The van der Waals surface area contributed by atoms with Crippen LogP contribution in [0.3, 0.4) is 0 Å². The van der Waals surface area contributed by atoms with E-state index in [0.29, 0.717) is 17.8 Å². The van der Waals surface area contributed by atoms with Gasteiger partial charge in [0.25, 0.3) is 0 Å². The maximum absolute atomic E-state index is 12.5. The number of hydrogen-bond donors (Lipinski definition) is 0. The standard InChI is InChI=1S/C14H22O2/c1-9-3-2-4-10(7-9)14(15)12-8-11-5-6-13(12)16-11/h9-13H,2-8H2,1H3. The molecule has 2 heterocycles. The minimum Gasteiger partial charge on any atom is -0.374 e. The van der Waals surface area contributed by atoms with Gasteiger partial charge in [0.1, 0.15) is 5.78 Å². The van der Waals surface area contributed by atoms with Crippen molar-refractivity contribution in [2.24, 2.45) is 17.8 Å². The zero-order valence-electron chi connectivity index (χ0n) is 10.2. The molecule has 90 valence electrons. The predicted molar refractivity (Wildman–Crippen MR) is 62.1 cm³/mol. The Kier molecular flexibility index (Phi) is 2.78. The highest BCUT2D eigenvalue weighted by atomic mass is 16.5. The van der Waals surface area contributed by atoms with Crippen LogP contribution in [0.4, 0.5) is 0 Å². The maximum atomic E-state index is 12.5. The van der Waals surface area contributed by atoms with E-state index >= 15 is 0 Å². The Morgan fingerprint density at radius 2 is 2.00 bits per heavy atom. The number of Topliss-reactive ketones (excluding diaryl/α,β-unsaturated/α-hetero) is 1. The van der Waals surface area contributed by atoms with Gasteiger partial charge in [-0.25, -0.2) is 0 Å². The lowest BCUT2D eigenvalue weighted by Crippen LogP contribution is -2.33. The summed E-state index contributed by atoms with van der Waals surface area (Å²) in [6.45, 7) is 2.29. The topological polar surface area (TPSA) is 26.3 Å². The number of ketones is 1. The minimum atomic E-state index is 0.258. The zero-order chi connectivity index (χ0) is 11.1. The predicted octanol–water partition coefficient (Wildman–Crippen LogP) is 2.95. The third-order valence-corrected chi connectivity index (χ3v) is 4.81. The highest BCUT2D eigenvalue weighted by Crippen LogP contribution is 2.42. The van der Waals surface area contributed by atoms with Crippen LogP contribution in [-0.2, 0) is 9.53 Å². The van der Waals surface area contributed by atoms with Gasteiger partial charge < -0.3 is 4.74 Å². The number of hydrogen-bond acceptors (Lipinski definition) is 2. The molecule has 0 aromatic heterocycles. The van der Waals surface area contributed by atoms with Crippen molar-refractivity contribution in [2.45, 2.75) is 64.1 Å². The van der Waals surface area contributed by atoms with Gasteiger partial charge in [0.15, 0.2) is 0 Å². The van der Waals surface area contributed by atoms with E-state index in [1.807, 2.05) is 0 Å². The van der Waals surface area contributed by atoms with Crippen LogP contribution in [-0.4, -0.2) is 18.0 Å². The molecule has 1 saturated carbocycles. The van der Waals surface area contributed by atoms with E-state index in [4.69, 9.17) is 4.74 Å². The van der Waals surface area contributed by atoms with Crippen molar-refractivity contribution in [1.82, 2.24) is 0 Å². The molecule has 2 saturated heterocycles. The highest BCUT2D eigenvalue weighted by molar-refractivity contribution is 5.84. The van der Waals surface area contributed by atoms with Crippen molar-refractivity contribution in [3.63, 3.8) is 0 Å². The zero-order valence-corrected chi connectivity index (χ0v) is 10.2. The Hall–Kier alpha value is -0.370. The van der Waals surface area contributed by atoms with E-state index in [9.17, 15) is 4.79 Å². The van der Waals surface area contributed by atoms with Crippen LogP contribution in [0.5, 0.6) is 0 Å². The molecule has 5 unspecified atom stereocenters. The Morgan fingerprint density at radius 1 is 1.12 bits per heavy atom. The summed E-state index contributed by atoms with van der Waals surface area (Å²) in [7, 11) is 0. The van der Waals surface area contributed by atoms with E-state index in [0.717, 1.165) is 31.6 Å². The van der Waals surface area contributed by atoms with E-state index in [1.165, 1.54) is 19.3 Å². The molecule has 2 aliphatic heterocycles. The first-order valence-corrected chi connectivity index (χ1v) is 6.93. The quantitative estimate of drug-likeness (QED) is 0.718. The Bertz CT molecular complexity index is 286. The first-order chi connectivity index (χ1) is 7.74. The minimum absolute atomic E-state index is 0.258. The van der Waals surface area contributed by atoms with Crippen molar-refractivity contribution in [3.05, 3.63) is 0 Å². The van der Waals surface area contributed by atoms with E-state index in [-0.39, 0.29) is 12.0 Å².